The quantitative estimate of drug-likeness (QED) is 0.757. The molecule has 6 heteroatoms. The van der Waals surface area contributed by atoms with Crippen molar-refractivity contribution in [2.24, 2.45) is 0 Å². The zero-order valence-electron chi connectivity index (χ0n) is 11.7. The summed E-state index contributed by atoms with van der Waals surface area (Å²) in [5.41, 5.74) is 1.25. The Bertz CT molecular complexity index is 565. The molecule has 0 spiro atoms. The number of thioether (sulfide) groups is 1. The Labute approximate surface area is 138 Å². The lowest BCUT2D eigenvalue weighted by atomic mass is 9.96. The average Bonchev–Trinajstić information content (AvgIpc) is 2.95. The fourth-order valence-corrected chi connectivity index (χ4v) is 4.38. The normalized spacial score (nSPS) is 16.0. The number of hydrogen-bond acceptors (Lipinski definition) is 5. The lowest BCUT2D eigenvalue weighted by Crippen LogP contribution is -2.21. The number of halogens is 1. The molecule has 1 aromatic carbocycles. The first-order valence-corrected chi connectivity index (χ1v) is 9.45. The molecule has 21 heavy (non-hydrogen) atoms. The fraction of sp³-hybridized carbons (Fsp3) is 0.467. The third-order valence-electron chi connectivity index (χ3n) is 3.61. The standard InChI is InChI=1S/C15H18ClN3S2/c16-12-8-6-11(7-9-12)10-20-15-19-18-14(21-15)17-13-4-2-1-3-5-13/h6-9,13H,1-5,10H2,(H,17,18). The summed E-state index contributed by atoms with van der Waals surface area (Å²) in [6, 6.07) is 8.54. The van der Waals surface area contributed by atoms with E-state index >= 15 is 0 Å². The van der Waals surface area contributed by atoms with E-state index in [1.165, 1.54) is 37.7 Å². The Hall–Kier alpha value is -0.780. The Morgan fingerprint density at radius 3 is 2.67 bits per heavy atom. The molecule has 0 amide bonds. The van der Waals surface area contributed by atoms with Crippen LogP contribution in [0.2, 0.25) is 5.02 Å². The lowest BCUT2D eigenvalue weighted by molar-refractivity contribution is 0.462. The summed E-state index contributed by atoms with van der Waals surface area (Å²) < 4.78 is 1.02. The number of benzene rings is 1. The molecule has 1 saturated carbocycles. The molecular formula is C15H18ClN3S2. The van der Waals surface area contributed by atoms with E-state index in [0.717, 1.165) is 20.2 Å². The van der Waals surface area contributed by atoms with Gasteiger partial charge < -0.3 is 5.32 Å². The molecule has 0 saturated heterocycles. The van der Waals surface area contributed by atoms with Crippen LogP contribution in [0, 0.1) is 0 Å². The predicted molar refractivity (Wildman–Crippen MR) is 91.4 cm³/mol. The molecule has 0 radical (unpaired) electrons. The van der Waals surface area contributed by atoms with E-state index in [2.05, 4.69) is 27.6 Å². The van der Waals surface area contributed by atoms with Crippen LogP contribution in [0.1, 0.15) is 37.7 Å². The first-order valence-electron chi connectivity index (χ1n) is 7.27. The minimum atomic E-state index is 0.584. The number of anilines is 1. The van der Waals surface area contributed by atoms with Gasteiger partial charge in [-0.3, -0.25) is 0 Å². The van der Waals surface area contributed by atoms with Crippen molar-refractivity contribution in [3.05, 3.63) is 34.9 Å². The van der Waals surface area contributed by atoms with Crippen LogP contribution in [0.25, 0.3) is 0 Å². The highest BCUT2D eigenvalue weighted by molar-refractivity contribution is 8.00. The van der Waals surface area contributed by atoms with Gasteiger partial charge in [0, 0.05) is 16.8 Å². The molecule has 1 aliphatic carbocycles. The van der Waals surface area contributed by atoms with E-state index in [1.807, 2.05) is 12.1 Å². The number of hydrogen-bond donors (Lipinski definition) is 1. The maximum Gasteiger partial charge on any atom is 0.206 e. The van der Waals surface area contributed by atoms with Crippen LogP contribution in [-0.2, 0) is 5.75 Å². The van der Waals surface area contributed by atoms with Gasteiger partial charge in [-0.25, -0.2) is 0 Å². The molecular weight excluding hydrogens is 322 g/mol. The second-order valence-corrected chi connectivity index (χ2v) is 7.90. The van der Waals surface area contributed by atoms with Crippen molar-refractivity contribution < 1.29 is 0 Å². The van der Waals surface area contributed by atoms with Gasteiger partial charge in [0.15, 0.2) is 4.34 Å². The van der Waals surface area contributed by atoms with Crippen LogP contribution in [0.3, 0.4) is 0 Å². The Balaban J connectivity index is 1.51. The molecule has 2 aromatic rings. The van der Waals surface area contributed by atoms with E-state index in [1.54, 1.807) is 23.1 Å². The second kappa shape index (κ2) is 7.47. The molecule has 1 aliphatic rings. The van der Waals surface area contributed by atoms with Crippen molar-refractivity contribution in [1.82, 2.24) is 10.2 Å². The molecule has 1 N–H and O–H groups in total. The molecule has 1 fully saturated rings. The van der Waals surface area contributed by atoms with Gasteiger partial charge in [-0.15, -0.1) is 10.2 Å². The molecule has 1 heterocycles. The molecule has 1 aromatic heterocycles. The summed E-state index contributed by atoms with van der Waals surface area (Å²) in [7, 11) is 0. The number of rotatable bonds is 5. The van der Waals surface area contributed by atoms with E-state index in [0.29, 0.717) is 6.04 Å². The van der Waals surface area contributed by atoms with E-state index in [9.17, 15) is 0 Å². The van der Waals surface area contributed by atoms with Crippen molar-refractivity contribution >= 4 is 39.8 Å². The zero-order valence-corrected chi connectivity index (χ0v) is 14.1. The van der Waals surface area contributed by atoms with Crippen molar-refractivity contribution in [1.29, 1.82) is 0 Å². The monoisotopic (exact) mass is 339 g/mol. The molecule has 0 atom stereocenters. The first-order chi connectivity index (χ1) is 10.3. The van der Waals surface area contributed by atoms with E-state index < -0.39 is 0 Å². The molecule has 0 bridgehead atoms. The SMILES string of the molecule is Clc1ccc(CSc2nnc(NC3CCCCC3)s2)cc1. The highest BCUT2D eigenvalue weighted by atomic mass is 35.5. The second-order valence-electron chi connectivity index (χ2n) is 5.27. The topological polar surface area (TPSA) is 37.8 Å². The van der Waals surface area contributed by atoms with E-state index in [4.69, 9.17) is 11.6 Å². The Kier molecular flexibility index (Phi) is 5.38. The summed E-state index contributed by atoms with van der Waals surface area (Å²) in [4.78, 5) is 0. The maximum absolute atomic E-state index is 5.89. The summed E-state index contributed by atoms with van der Waals surface area (Å²) in [6.07, 6.45) is 6.54. The van der Waals surface area contributed by atoms with Crippen LogP contribution >= 0.6 is 34.7 Å². The van der Waals surface area contributed by atoms with Crippen LogP contribution in [0.4, 0.5) is 5.13 Å². The lowest BCUT2D eigenvalue weighted by Gasteiger charge is -2.21. The van der Waals surface area contributed by atoms with Crippen LogP contribution in [0.15, 0.2) is 28.6 Å². The molecule has 112 valence electrons. The van der Waals surface area contributed by atoms with Gasteiger partial charge in [-0.1, -0.05) is 66.1 Å². The number of nitrogens with one attached hydrogen (secondary N) is 1. The van der Waals surface area contributed by atoms with Crippen LogP contribution in [0.5, 0.6) is 0 Å². The summed E-state index contributed by atoms with van der Waals surface area (Å²) >= 11 is 9.27. The van der Waals surface area contributed by atoms with Crippen molar-refractivity contribution in [2.75, 3.05) is 5.32 Å². The van der Waals surface area contributed by atoms with Gasteiger partial charge in [0.1, 0.15) is 0 Å². The third-order valence-corrected chi connectivity index (χ3v) is 5.93. The fourth-order valence-electron chi connectivity index (χ4n) is 2.47. The Morgan fingerprint density at radius 2 is 1.90 bits per heavy atom. The van der Waals surface area contributed by atoms with Gasteiger partial charge in [0.25, 0.3) is 0 Å². The molecule has 0 aliphatic heterocycles. The van der Waals surface area contributed by atoms with Crippen molar-refractivity contribution in [2.45, 2.75) is 48.2 Å². The highest BCUT2D eigenvalue weighted by Gasteiger charge is 2.15. The third kappa shape index (κ3) is 4.59. The van der Waals surface area contributed by atoms with Gasteiger partial charge in [-0.2, -0.15) is 0 Å². The van der Waals surface area contributed by atoms with Gasteiger partial charge in [0.2, 0.25) is 5.13 Å². The largest absolute Gasteiger partial charge is 0.357 e. The summed E-state index contributed by atoms with van der Waals surface area (Å²) in [5.74, 6) is 0.898. The van der Waals surface area contributed by atoms with Crippen molar-refractivity contribution in [3.63, 3.8) is 0 Å². The predicted octanol–water partition coefficient (Wildman–Crippen LogP) is 5.23. The summed E-state index contributed by atoms with van der Waals surface area (Å²) in [5, 5.41) is 13.8. The van der Waals surface area contributed by atoms with Crippen LogP contribution in [-0.4, -0.2) is 16.2 Å². The summed E-state index contributed by atoms with van der Waals surface area (Å²) in [6.45, 7) is 0. The Morgan fingerprint density at radius 1 is 1.14 bits per heavy atom. The number of aromatic nitrogens is 2. The number of nitrogens with zero attached hydrogens (tertiary/aromatic N) is 2. The van der Waals surface area contributed by atoms with Gasteiger partial charge >= 0.3 is 0 Å². The van der Waals surface area contributed by atoms with Gasteiger partial charge in [0.05, 0.1) is 0 Å². The average molecular weight is 340 g/mol. The highest BCUT2D eigenvalue weighted by Crippen LogP contribution is 2.30. The smallest absolute Gasteiger partial charge is 0.206 e. The maximum atomic E-state index is 5.89. The minimum absolute atomic E-state index is 0.584. The van der Waals surface area contributed by atoms with Crippen LogP contribution < -0.4 is 5.32 Å². The first kappa shape index (κ1) is 15.1. The van der Waals surface area contributed by atoms with E-state index in [-0.39, 0.29) is 0 Å². The van der Waals surface area contributed by atoms with Gasteiger partial charge in [-0.05, 0) is 30.5 Å². The molecule has 3 nitrogen and oxygen atoms in total. The minimum Gasteiger partial charge on any atom is -0.357 e. The zero-order chi connectivity index (χ0) is 14.5. The van der Waals surface area contributed by atoms with Crippen molar-refractivity contribution in [3.8, 4) is 0 Å². The molecule has 0 unspecified atom stereocenters. The molecule has 3 rings (SSSR count).